The molecule has 0 amide bonds. The van der Waals surface area contributed by atoms with Crippen LogP contribution in [0.1, 0.15) is 45.6 Å². The Morgan fingerprint density at radius 1 is 1.30 bits per heavy atom. The van der Waals surface area contributed by atoms with Gasteiger partial charge in [0.25, 0.3) is 0 Å². The molecular weight excluding hydrogens is 251 g/mol. The van der Waals surface area contributed by atoms with Gasteiger partial charge in [0.1, 0.15) is 5.82 Å². The highest BCUT2D eigenvalue weighted by Crippen LogP contribution is 2.29. The van der Waals surface area contributed by atoms with Crippen LogP contribution in [0.2, 0.25) is 0 Å². The second kappa shape index (κ2) is 7.07. The molecule has 1 saturated heterocycles. The molecule has 2 rings (SSSR count). The van der Waals surface area contributed by atoms with Crippen LogP contribution in [0.5, 0.6) is 0 Å². The van der Waals surface area contributed by atoms with Crippen molar-refractivity contribution < 1.29 is 4.39 Å². The number of anilines is 1. The summed E-state index contributed by atoms with van der Waals surface area (Å²) < 4.78 is 13.9. The Morgan fingerprint density at radius 2 is 2.10 bits per heavy atom. The average Bonchev–Trinajstić information content (AvgIpc) is 2.41. The standard InChI is InChI=1S/C17H27FN2/c1-4-7-19-12-15-9-16(18)11-17(10-15)20-8-5-6-13(2)14(20)3/h9-11,13-14,19H,4-8,12H2,1-3H3. The summed E-state index contributed by atoms with van der Waals surface area (Å²) in [5.41, 5.74) is 2.08. The van der Waals surface area contributed by atoms with Crippen LogP contribution in [0, 0.1) is 11.7 Å². The fraction of sp³-hybridized carbons (Fsp3) is 0.647. The summed E-state index contributed by atoms with van der Waals surface area (Å²) in [4.78, 5) is 2.36. The van der Waals surface area contributed by atoms with Crippen LogP contribution >= 0.6 is 0 Å². The molecule has 1 N–H and O–H groups in total. The molecule has 20 heavy (non-hydrogen) atoms. The second-order valence-corrected chi connectivity index (χ2v) is 6.05. The van der Waals surface area contributed by atoms with Gasteiger partial charge < -0.3 is 10.2 Å². The largest absolute Gasteiger partial charge is 0.368 e. The van der Waals surface area contributed by atoms with Crippen molar-refractivity contribution in [2.75, 3.05) is 18.0 Å². The molecule has 0 aliphatic carbocycles. The Kier molecular flexibility index (Phi) is 5.41. The van der Waals surface area contributed by atoms with Crippen molar-refractivity contribution in [3.8, 4) is 0 Å². The summed E-state index contributed by atoms with van der Waals surface area (Å²) in [5, 5.41) is 3.34. The van der Waals surface area contributed by atoms with Gasteiger partial charge in [-0.3, -0.25) is 0 Å². The maximum atomic E-state index is 13.9. The first kappa shape index (κ1) is 15.3. The van der Waals surface area contributed by atoms with Crippen LogP contribution in [-0.2, 0) is 6.54 Å². The molecule has 3 heteroatoms. The quantitative estimate of drug-likeness (QED) is 0.820. The van der Waals surface area contributed by atoms with E-state index in [0.29, 0.717) is 12.0 Å². The molecular formula is C17H27FN2. The molecule has 0 bridgehead atoms. The fourth-order valence-corrected chi connectivity index (χ4v) is 3.01. The van der Waals surface area contributed by atoms with E-state index in [-0.39, 0.29) is 5.82 Å². The molecule has 112 valence electrons. The van der Waals surface area contributed by atoms with E-state index >= 15 is 0 Å². The smallest absolute Gasteiger partial charge is 0.125 e. The molecule has 0 aromatic heterocycles. The minimum Gasteiger partial charge on any atom is -0.368 e. The van der Waals surface area contributed by atoms with Crippen LogP contribution in [0.15, 0.2) is 18.2 Å². The lowest BCUT2D eigenvalue weighted by Crippen LogP contribution is -2.42. The monoisotopic (exact) mass is 278 g/mol. The van der Waals surface area contributed by atoms with Gasteiger partial charge in [-0.2, -0.15) is 0 Å². The molecule has 1 aliphatic heterocycles. The summed E-state index contributed by atoms with van der Waals surface area (Å²) in [6.45, 7) is 9.44. The minimum atomic E-state index is -0.124. The van der Waals surface area contributed by atoms with Crippen LogP contribution in [-0.4, -0.2) is 19.1 Å². The lowest BCUT2D eigenvalue weighted by molar-refractivity contribution is 0.363. The second-order valence-electron chi connectivity index (χ2n) is 6.05. The van der Waals surface area contributed by atoms with E-state index < -0.39 is 0 Å². The van der Waals surface area contributed by atoms with Gasteiger partial charge in [-0.05, 0) is 62.4 Å². The molecule has 1 aromatic carbocycles. The van der Waals surface area contributed by atoms with Crippen molar-refractivity contribution in [1.82, 2.24) is 5.32 Å². The molecule has 2 unspecified atom stereocenters. The highest BCUT2D eigenvalue weighted by Gasteiger charge is 2.25. The van der Waals surface area contributed by atoms with Crippen molar-refractivity contribution >= 4 is 5.69 Å². The van der Waals surface area contributed by atoms with E-state index in [1.807, 2.05) is 0 Å². The zero-order valence-corrected chi connectivity index (χ0v) is 13.0. The van der Waals surface area contributed by atoms with E-state index in [1.165, 1.54) is 12.8 Å². The van der Waals surface area contributed by atoms with E-state index in [2.05, 4.69) is 37.1 Å². The SMILES string of the molecule is CCCNCc1cc(F)cc(N2CCCC(C)C2C)c1. The molecule has 0 radical (unpaired) electrons. The summed E-state index contributed by atoms with van der Waals surface area (Å²) >= 11 is 0. The van der Waals surface area contributed by atoms with Gasteiger partial charge in [0.05, 0.1) is 0 Å². The molecule has 1 aliphatic rings. The van der Waals surface area contributed by atoms with Crippen LogP contribution in [0.3, 0.4) is 0 Å². The van der Waals surface area contributed by atoms with E-state index in [9.17, 15) is 4.39 Å². The van der Waals surface area contributed by atoms with E-state index in [0.717, 1.165) is 37.3 Å². The Hall–Kier alpha value is -1.09. The fourth-order valence-electron chi connectivity index (χ4n) is 3.01. The van der Waals surface area contributed by atoms with Crippen molar-refractivity contribution in [3.05, 3.63) is 29.6 Å². The number of hydrogen-bond acceptors (Lipinski definition) is 2. The summed E-state index contributed by atoms with van der Waals surface area (Å²) in [6.07, 6.45) is 3.58. The zero-order chi connectivity index (χ0) is 14.5. The van der Waals surface area contributed by atoms with Crippen molar-refractivity contribution in [1.29, 1.82) is 0 Å². The van der Waals surface area contributed by atoms with Crippen LogP contribution in [0.4, 0.5) is 10.1 Å². The third kappa shape index (κ3) is 3.72. The first-order valence-corrected chi connectivity index (χ1v) is 7.88. The number of nitrogens with zero attached hydrogens (tertiary/aromatic N) is 1. The molecule has 0 saturated carbocycles. The lowest BCUT2D eigenvalue weighted by Gasteiger charge is -2.39. The highest BCUT2D eigenvalue weighted by atomic mass is 19.1. The molecule has 2 atom stereocenters. The number of piperidine rings is 1. The summed E-state index contributed by atoms with van der Waals surface area (Å²) in [5.74, 6) is 0.551. The molecule has 0 spiro atoms. The van der Waals surface area contributed by atoms with Gasteiger partial charge in [-0.25, -0.2) is 4.39 Å². The summed E-state index contributed by atoms with van der Waals surface area (Å²) in [7, 11) is 0. The predicted molar refractivity (Wildman–Crippen MR) is 83.6 cm³/mol. The van der Waals surface area contributed by atoms with Gasteiger partial charge in [-0.15, -0.1) is 0 Å². The Balaban J connectivity index is 2.14. The van der Waals surface area contributed by atoms with Gasteiger partial charge >= 0.3 is 0 Å². The number of nitrogens with one attached hydrogen (secondary N) is 1. The van der Waals surface area contributed by atoms with Crippen molar-refractivity contribution in [2.45, 2.75) is 52.6 Å². The number of rotatable bonds is 5. The normalized spacial score (nSPS) is 23.1. The van der Waals surface area contributed by atoms with Crippen molar-refractivity contribution in [2.24, 2.45) is 5.92 Å². The maximum Gasteiger partial charge on any atom is 0.125 e. The maximum absolute atomic E-state index is 13.9. The van der Waals surface area contributed by atoms with Crippen molar-refractivity contribution in [3.63, 3.8) is 0 Å². The Bertz CT molecular complexity index is 433. The molecule has 2 nitrogen and oxygen atoms in total. The number of halogens is 1. The predicted octanol–water partition coefficient (Wildman–Crippen LogP) is 3.95. The van der Waals surface area contributed by atoms with E-state index in [4.69, 9.17) is 0 Å². The Labute approximate surface area is 122 Å². The zero-order valence-electron chi connectivity index (χ0n) is 13.0. The minimum absolute atomic E-state index is 0.124. The summed E-state index contributed by atoms with van der Waals surface area (Å²) in [6, 6.07) is 5.95. The van der Waals surface area contributed by atoms with Gasteiger partial charge in [0.2, 0.25) is 0 Å². The van der Waals surface area contributed by atoms with Crippen LogP contribution in [0.25, 0.3) is 0 Å². The third-order valence-corrected chi connectivity index (χ3v) is 4.40. The number of hydrogen-bond donors (Lipinski definition) is 1. The van der Waals surface area contributed by atoms with Gasteiger partial charge in [0.15, 0.2) is 0 Å². The average molecular weight is 278 g/mol. The molecule has 1 aromatic rings. The Morgan fingerprint density at radius 3 is 2.85 bits per heavy atom. The molecule has 1 heterocycles. The van der Waals surface area contributed by atoms with Crippen LogP contribution < -0.4 is 10.2 Å². The topological polar surface area (TPSA) is 15.3 Å². The number of benzene rings is 1. The van der Waals surface area contributed by atoms with Gasteiger partial charge in [-0.1, -0.05) is 13.8 Å². The third-order valence-electron chi connectivity index (χ3n) is 4.40. The first-order valence-electron chi connectivity index (χ1n) is 7.88. The van der Waals surface area contributed by atoms with Gasteiger partial charge in [0, 0.05) is 24.8 Å². The highest BCUT2D eigenvalue weighted by molar-refractivity contribution is 5.50. The first-order chi connectivity index (χ1) is 9.61. The lowest BCUT2D eigenvalue weighted by atomic mass is 9.91. The van der Waals surface area contributed by atoms with E-state index in [1.54, 1.807) is 12.1 Å². The molecule has 1 fully saturated rings.